The van der Waals surface area contributed by atoms with Gasteiger partial charge in [0.1, 0.15) is 4.88 Å². The summed E-state index contributed by atoms with van der Waals surface area (Å²) in [5.74, 6) is -0.0187. The Kier molecular flexibility index (Phi) is 3.97. The molecule has 0 fully saturated rings. The zero-order valence-corrected chi connectivity index (χ0v) is 13.8. The van der Waals surface area contributed by atoms with Crippen LogP contribution in [-0.2, 0) is 18.9 Å². The maximum absolute atomic E-state index is 12.5. The van der Waals surface area contributed by atoms with Crippen LogP contribution in [-0.4, -0.2) is 25.2 Å². The minimum absolute atomic E-state index is 0.0187. The number of ketones is 1. The van der Waals surface area contributed by atoms with Gasteiger partial charge < -0.3 is 0 Å². The highest BCUT2D eigenvalue weighted by molar-refractivity contribution is 7.08. The summed E-state index contributed by atoms with van der Waals surface area (Å²) in [4.78, 5) is 13.1. The fraction of sp³-hybridized carbons (Fsp3) is 0.538. The van der Waals surface area contributed by atoms with Crippen LogP contribution in [0.2, 0.25) is 5.02 Å². The summed E-state index contributed by atoms with van der Waals surface area (Å²) in [6.07, 6.45) is 0.211. The van der Waals surface area contributed by atoms with Crippen molar-refractivity contribution in [2.75, 3.05) is 0 Å². The van der Waals surface area contributed by atoms with E-state index in [1.54, 1.807) is 11.7 Å². The Balaban J connectivity index is 2.32. The highest BCUT2D eigenvalue weighted by Crippen LogP contribution is 2.28. The summed E-state index contributed by atoms with van der Waals surface area (Å²) in [6.45, 7) is 7.87. The molecule has 2 heterocycles. The average molecular weight is 313 g/mol. The molecule has 0 radical (unpaired) electrons. The van der Waals surface area contributed by atoms with E-state index in [1.807, 2.05) is 27.7 Å². The van der Waals surface area contributed by atoms with Gasteiger partial charge in [-0.15, -0.1) is 5.10 Å². The van der Waals surface area contributed by atoms with Gasteiger partial charge in [0.2, 0.25) is 0 Å². The Morgan fingerprint density at radius 2 is 2.05 bits per heavy atom. The summed E-state index contributed by atoms with van der Waals surface area (Å²) in [6, 6.07) is 0. The van der Waals surface area contributed by atoms with Crippen LogP contribution >= 0.6 is 23.1 Å². The number of nitrogens with zero attached hydrogens (tertiary/aromatic N) is 4. The summed E-state index contributed by atoms with van der Waals surface area (Å²) >= 11 is 7.32. The van der Waals surface area contributed by atoms with E-state index in [9.17, 15) is 4.79 Å². The molecule has 2 rings (SSSR count). The second kappa shape index (κ2) is 5.26. The predicted octanol–water partition coefficient (Wildman–Crippen LogP) is 2.96. The van der Waals surface area contributed by atoms with Gasteiger partial charge in [0.25, 0.3) is 0 Å². The molecule has 20 heavy (non-hydrogen) atoms. The third-order valence-corrected chi connectivity index (χ3v) is 4.30. The number of hydrogen-bond acceptors (Lipinski definition) is 5. The Labute approximate surface area is 127 Å². The highest BCUT2D eigenvalue weighted by atomic mass is 35.5. The van der Waals surface area contributed by atoms with E-state index in [1.165, 1.54) is 0 Å². The van der Waals surface area contributed by atoms with Crippen LogP contribution in [0, 0.1) is 6.92 Å². The summed E-state index contributed by atoms with van der Waals surface area (Å²) in [5.41, 5.74) is 1.99. The first kappa shape index (κ1) is 15.1. The van der Waals surface area contributed by atoms with Crippen molar-refractivity contribution in [2.24, 2.45) is 7.05 Å². The third kappa shape index (κ3) is 2.76. The van der Waals surface area contributed by atoms with Gasteiger partial charge in [-0.25, -0.2) is 0 Å². The molecule has 0 spiro atoms. The molecule has 2 aromatic heterocycles. The first-order valence-electron chi connectivity index (χ1n) is 6.25. The lowest BCUT2D eigenvalue weighted by Gasteiger charge is -2.15. The second-order valence-electron chi connectivity index (χ2n) is 5.77. The number of hydrogen-bond donors (Lipinski definition) is 0. The molecule has 2 aromatic rings. The third-order valence-electron chi connectivity index (χ3n) is 3.04. The zero-order chi connectivity index (χ0) is 15.1. The van der Waals surface area contributed by atoms with E-state index in [0.29, 0.717) is 9.90 Å². The van der Waals surface area contributed by atoms with Gasteiger partial charge in [-0.05, 0) is 18.5 Å². The van der Waals surface area contributed by atoms with Gasteiger partial charge in [0.05, 0.1) is 28.5 Å². The maximum Gasteiger partial charge on any atom is 0.182 e. The number of carbonyl (C=O) groups excluding carboxylic acids is 1. The molecular weight excluding hydrogens is 296 g/mol. The molecule has 0 aliphatic carbocycles. The van der Waals surface area contributed by atoms with E-state index in [-0.39, 0.29) is 17.6 Å². The van der Waals surface area contributed by atoms with Crippen molar-refractivity contribution in [2.45, 2.75) is 39.5 Å². The van der Waals surface area contributed by atoms with E-state index < -0.39 is 0 Å². The summed E-state index contributed by atoms with van der Waals surface area (Å²) in [5, 5.41) is 8.86. The summed E-state index contributed by atoms with van der Waals surface area (Å²) < 4.78 is 5.57. The van der Waals surface area contributed by atoms with Crippen molar-refractivity contribution >= 4 is 28.9 Å². The molecule has 0 N–H and O–H groups in total. The first-order chi connectivity index (χ1) is 9.21. The molecule has 0 aliphatic heterocycles. The molecule has 0 unspecified atom stereocenters. The van der Waals surface area contributed by atoms with Gasteiger partial charge in [-0.3, -0.25) is 9.48 Å². The number of Topliss-reactive ketones (excluding diaryl/α,β-unsaturated/α-hetero) is 1. The molecule has 0 saturated carbocycles. The van der Waals surface area contributed by atoms with Crippen LogP contribution < -0.4 is 0 Å². The Morgan fingerprint density at radius 3 is 2.55 bits per heavy atom. The fourth-order valence-electron chi connectivity index (χ4n) is 1.97. The zero-order valence-electron chi connectivity index (χ0n) is 12.2. The van der Waals surface area contributed by atoms with Gasteiger partial charge in [-0.2, -0.15) is 5.10 Å². The largest absolute Gasteiger partial charge is 0.293 e. The average Bonchev–Trinajstić information content (AvgIpc) is 2.90. The minimum Gasteiger partial charge on any atom is -0.293 e. The van der Waals surface area contributed by atoms with Gasteiger partial charge in [-0.1, -0.05) is 36.9 Å². The quantitative estimate of drug-likeness (QED) is 0.818. The van der Waals surface area contributed by atoms with Crippen LogP contribution in [0.4, 0.5) is 0 Å². The van der Waals surface area contributed by atoms with Crippen LogP contribution in [0.1, 0.15) is 47.5 Å². The first-order valence-corrected chi connectivity index (χ1v) is 7.41. The molecular formula is C13H17ClN4OS. The minimum atomic E-state index is -0.204. The molecule has 0 aliphatic rings. The van der Waals surface area contributed by atoms with Gasteiger partial charge >= 0.3 is 0 Å². The van der Waals surface area contributed by atoms with Crippen LogP contribution in [0.5, 0.6) is 0 Å². The molecule has 0 atom stereocenters. The van der Waals surface area contributed by atoms with E-state index in [0.717, 1.165) is 28.6 Å². The second-order valence-corrected chi connectivity index (χ2v) is 6.90. The molecule has 0 aromatic carbocycles. The van der Waals surface area contributed by atoms with Gasteiger partial charge in [0, 0.05) is 12.5 Å². The van der Waals surface area contributed by atoms with E-state index in [4.69, 9.17) is 11.6 Å². The van der Waals surface area contributed by atoms with Crippen molar-refractivity contribution < 1.29 is 4.79 Å². The van der Waals surface area contributed by atoms with Crippen LogP contribution in [0.3, 0.4) is 0 Å². The predicted molar refractivity (Wildman–Crippen MR) is 79.6 cm³/mol. The normalized spacial score (nSPS) is 11.9. The van der Waals surface area contributed by atoms with E-state index in [2.05, 4.69) is 14.7 Å². The monoisotopic (exact) mass is 312 g/mol. The molecule has 0 bridgehead atoms. The molecule has 0 saturated heterocycles. The van der Waals surface area contributed by atoms with Crippen molar-refractivity contribution in [1.29, 1.82) is 0 Å². The van der Waals surface area contributed by atoms with Crippen molar-refractivity contribution in [1.82, 2.24) is 19.4 Å². The highest BCUT2D eigenvalue weighted by Gasteiger charge is 2.27. The Morgan fingerprint density at radius 1 is 1.40 bits per heavy atom. The SMILES string of the molecule is Cc1nn(C)c(CC(=O)c2snnc2C(C)(C)C)c1Cl. The molecule has 5 nitrogen and oxygen atoms in total. The molecule has 108 valence electrons. The van der Waals surface area contributed by atoms with Crippen LogP contribution in [0.25, 0.3) is 0 Å². The molecule has 7 heteroatoms. The van der Waals surface area contributed by atoms with Crippen molar-refractivity contribution in [3.8, 4) is 0 Å². The lowest BCUT2D eigenvalue weighted by Crippen LogP contribution is -2.17. The van der Waals surface area contributed by atoms with Crippen molar-refractivity contribution in [3.05, 3.63) is 27.0 Å². The lowest BCUT2D eigenvalue weighted by molar-refractivity contribution is 0.0992. The molecule has 0 amide bonds. The number of halogens is 1. The maximum atomic E-state index is 12.5. The van der Waals surface area contributed by atoms with Crippen LogP contribution in [0.15, 0.2) is 0 Å². The smallest absolute Gasteiger partial charge is 0.182 e. The number of aromatic nitrogens is 4. The lowest BCUT2D eigenvalue weighted by atomic mass is 9.90. The number of carbonyl (C=O) groups is 1. The van der Waals surface area contributed by atoms with Gasteiger partial charge in [0.15, 0.2) is 5.78 Å². The van der Waals surface area contributed by atoms with Crippen molar-refractivity contribution in [3.63, 3.8) is 0 Å². The number of rotatable bonds is 3. The number of aryl methyl sites for hydroxylation is 2. The summed E-state index contributed by atoms with van der Waals surface area (Å²) in [7, 11) is 1.79. The Bertz CT molecular complexity index is 654. The Hall–Kier alpha value is -1.27. The standard InChI is InChI=1S/C13H17ClN4OS/c1-7-10(14)8(18(5)16-7)6-9(19)11-12(13(2,3)4)15-17-20-11/h6H2,1-5H3. The topological polar surface area (TPSA) is 60.7 Å². The fourth-order valence-corrected chi connectivity index (χ4v) is 3.01. The van der Waals surface area contributed by atoms with E-state index >= 15 is 0 Å².